The van der Waals surface area contributed by atoms with Crippen LogP contribution in [0, 0.1) is 17.3 Å². The summed E-state index contributed by atoms with van der Waals surface area (Å²) in [6.45, 7) is 1.78. The summed E-state index contributed by atoms with van der Waals surface area (Å²) >= 11 is 0. The molecular weight excluding hydrogens is 385 g/mol. The number of halogens is 1. The van der Waals surface area contributed by atoms with Crippen LogP contribution in [-0.2, 0) is 4.79 Å². The van der Waals surface area contributed by atoms with E-state index in [9.17, 15) is 9.18 Å². The first-order valence-electron chi connectivity index (χ1n) is 9.81. The van der Waals surface area contributed by atoms with Gasteiger partial charge in [0.05, 0.1) is 13.7 Å². The average molecular weight is 407 g/mol. The molecule has 1 aliphatic rings. The van der Waals surface area contributed by atoms with E-state index in [1.165, 1.54) is 12.1 Å². The van der Waals surface area contributed by atoms with Crippen molar-refractivity contribution in [1.29, 1.82) is 5.26 Å². The normalized spacial score (nSPS) is 15.1. The third-order valence-electron chi connectivity index (χ3n) is 5.59. The summed E-state index contributed by atoms with van der Waals surface area (Å²) in [5.41, 5.74) is 3.39. The Labute approximate surface area is 173 Å². The number of piperidine rings is 1. The largest absolute Gasteiger partial charge is 0.496 e. The van der Waals surface area contributed by atoms with E-state index in [0.717, 1.165) is 48.2 Å². The summed E-state index contributed by atoms with van der Waals surface area (Å²) in [4.78, 5) is 21.5. The molecular formula is C22H22FN5O2. The van der Waals surface area contributed by atoms with Crippen molar-refractivity contribution >= 4 is 16.9 Å². The smallest absolute Gasteiger partial charge is 0.247 e. The zero-order valence-electron chi connectivity index (χ0n) is 16.6. The van der Waals surface area contributed by atoms with Crippen LogP contribution < -0.4 is 10.1 Å². The molecule has 3 heterocycles. The maximum Gasteiger partial charge on any atom is 0.247 e. The van der Waals surface area contributed by atoms with Crippen molar-refractivity contribution in [2.45, 2.75) is 18.8 Å². The van der Waals surface area contributed by atoms with Gasteiger partial charge < -0.3 is 9.72 Å². The van der Waals surface area contributed by atoms with Crippen LogP contribution >= 0.6 is 0 Å². The van der Waals surface area contributed by atoms with Crippen LogP contribution in [0.5, 0.6) is 5.75 Å². The maximum absolute atomic E-state index is 13.9. The average Bonchev–Trinajstić information content (AvgIpc) is 3.19. The summed E-state index contributed by atoms with van der Waals surface area (Å²) < 4.78 is 19.3. The highest BCUT2D eigenvalue weighted by Crippen LogP contribution is 2.37. The zero-order valence-corrected chi connectivity index (χ0v) is 16.6. The first kappa shape index (κ1) is 19.9. The number of nitrogens with one attached hydrogen (secondary N) is 2. The number of fused-ring (bicyclic) bond motifs is 1. The predicted octanol–water partition coefficient (Wildman–Crippen LogP) is 3.15. The lowest BCUT2D eigenvalue weighted by atomic mass is 9.93. The van der Waals surface area contributed by atoms with Gasteiger partial charge in [-0.15, -0.1) is 0 Å². The van der Waals surface area contributed by atoms with Crippen molar-refractivity contribution in [3.63, 3.8) is 0 Å². The van der Waals surface area contributed by atoms with Gasteiger partial charge in [-0.2, -0.15) is 5.26 Å². The van der Waals surface area contributed by atoms with Gasteiger partial charge in [0.15, 0.2) is 6.19 Å². The molecule has 0 saturated carbocycles. The number of benzene rings is 1. The Morgan fingerprint density at radius 3 is 2.87 bits per heavy atom. The fraction of sp³-hybridized carbons (Fsp3) is 0.318. The van der Waals surface area contributed by atoms with Crippen molar-refractivity contribution in [2.75, 3.05) is 26.7 Å². The SMILES string of the molecule is COc1ccc(F)cc1-c1ccnc2[nH]c(C3CCN(CC(=O)NC#N)CC3)cc12. The van der Waals surface area contributed by atoms with E-state index in [2.05, 4.69) is 21.4 Å². The monoisotopic (exact) mass is 407 g/mol. The van der Waals surface area contributed by atoms with Gasteiger partial charge in [0, 0.05) is 28.8 Å². The number of likely N-dealkylation sites (tertiary alicyclic amines) is 1. The first-order valence-corrected chi connectivity index (χ1v) is 9.81. The van der Waals surface area contributed by atoms with Gasteiger partial charge in [-0.3, -0.25) is 15.0 Å². The number of methoxy groups -OCH3 is 1. The van der Waals surface area contributed by atoms with Crippen LogP contribution in [0.25, 0.3) is 22.2 Å². The van der Waals surface area contributed by atoms with E-state index in [4.69, 9.17) is 10.00 Å². The zero-order chi connectivity index (χ0) is 21.1. The van der Waals surface area contributed by atoms with Crippen LogP contribution in [0.15, 0.2) is 36.5 Å². The molecule has 0 atom stereocenters. The number of H-pyrrole nitrogens is 1. The third-order valence-corrected chi connectivity index (χ3v) is 5.59. The van der Waals surface area contributed by atoms with Crippen molar-refractivity contribution in [3.8, 4) is 23.1 Å². The number of rotatable bonds is 5. The molecule has 2 aromatic heterocycles. The van der Waals surface area contributed by atoms with E-state index in [-0.39, 0.29) is 18.3 Å². The summed E-state index contributed by atoms with van der Waals surface area (Å²) in [7, 11) is 1.57. The molecule has 7 nitrogen and oxygen atoms in total. The van der Waals surface area contributed by atoms with Crippen molar-refractivity contribution in [2.24, 2.45) is 0 Å². The fourth-order valence-electron chi connectivity index (χ4n) is 4.10. The number of ether oxygens (including phenoxy) is 1. The van der Waals surface area contributed by atoms with E-state index >= 15 is 0 Å². The molecule has 2 N–H and O–H groups in total. The number of carbonyl (C=O) groups is 1. The maximum atomic E-state index is 13.9. The number of hydrogen-bond acceptors (Lipinski definition) is 5. The lowest BCUT2D eigenvalue weighted by Crippen LogP contribution is -2.40. The van der Waals surface area contributed by atoms with E-state index in [1.54, 1.807) is 25.6 Å². The summed E-state index contributed by atoms with van der Waals surface area (Å²) in [5, 5.41) is 11.6. The highest BCUT2D eigenvalue weighted by molar-refractivity contribution is 5.95. The number of nitrogens with zero attached hydrogens (tertiary/aromatic N) is 3. The van der Waals surface area contributed by atoms with Gasteiger partial charge in [0.1, 0.15) is 17.2 Å². The number of aromatic amines is 1. The van der Waals surface area contributed by atoms with Crippen molar-refractivity contribution in [1.82, 2.24) is 20.2 Å². The number of pyridine rings is 1. The van der Waals surface area contributed by atoms with Crippen LogP contribution in [0.1, 0.15) is 24.5 Å². The molecule has 8 heteroatoms. The molecule has 154 valence electrons. The Morgan fingerprint density at radius 2 is 2.13 bits per heavy atom. The molecule has 0 bridgehead atoms. The Kier molecular flexibility index (Phi) is 5.63. The quantitative estimate of drug-likeness (QED) is 0.501. The number of carbonyl (C=O) groups excluding carboxylic acids is 1. The van der Waals surface area contributed by atoms with Gasteiger partial charge in [0.2, 0.25) is 5.91 Å². The number of nitriles is 1. The van der Waals surface area contributed by atoms with Crippen molar-refractivity contribution in [3.05, 3.63) is 48.0 Å². The van der Waals surface area contributed by atoms with Gasteiger partial charge in [-0.25, -0.2) is 9.37 Å². The van der Waals surface area contributed by atoms with Crippen LogP contribution in [0.3, 0.4) is 0 Å². The predicted molar refractivity (Wildman–Crippen MR) is 110 cm³/mol. The number of hydrogen-bond donors (Lipinski definition) is 2. The Balaban J connectivity index is 1.57. The summed E-state index contributed by atoms with van der Waals surface area (Å²) in [6.07, 6.45) is 5.16. The summed E-state index contributed by atoms with van der Waals surface area (Å²) in [5.74, 6) is 0.325. The second-order valence-corrected chi connectivity index (χ2v) is 7.40. The van der Waals surface area contributed by atoms with Gasteiger partial charge in [0.25, 0.3) is 0 Å². The molecule has 0 aliphatic carbocycles. The molecule has 4 rings (SSSR count). The second kappa shape index (κ2) is 8.51. The lowest BCUT2D eigenvalue weighted by Gasteiger charge is -2.30. The van der Waals surface area contributed by atoms with Gasteiger partial charge in [-0.1, -0.05) is 0 Å². The Hall–Kier alpha value is -3.44. The summed E-state index contributed by atoms with van der Waals surface area (Å²) in [6, 6.07) is 8.44. The number of amides is 1. The molecule has 1 aliphatic heterocycles. The molecule has 1 aromatic carbocycles. The first-order chi connectivity index (χ1) is 14.6. The minimum absolute atomic E-state index is 0.234. The topological polar surface area (TPSA) is 94.0 Å². The van der Waals surface area contributed by atoms with Crippen molar-refractivity contribution < 1.29 is 13.9 Å². The van der Waals surface area contributed by atoms with Crippen LogP contribution in [0.2, 0.25) is 0 Å². The third kappa shape index (κ3) is 3.98. The molecule has 1 fully saturated rings. The van der Waals surface area contributed by atoms with Crippen LogP contribution in [-0.4, -0.2) is 47.5 Å². The van der Waals surface area contributed by atoms with E-state index < -0.39 is 0 Å². The van der Waals surface area contributed by atoms with Gasteiger partial charge >= 0.3 is 0 Å². The molecule has 1 saturated heterocycles. The molecule has 0 unspecified atom stereocenters. The fourth-order valence-corrected chi connectivity index (χ4v) is 4.10. The van der Waals surface area contributed by atoms with E-state index in [1.807, 2.05) is 11.0 Å². The van der Waals surface area contributed by atoms with Gasteiger partial charge in [-0.05, 0) is 61.8 Å². The second-order valence-electron chi connectivity index (χ2n) is 7.40. The van der Waals surface area contributed by atoms with Crippen LogP contribution in [0.4, 0.5) is 4.39 Å². The highest BCUT2D eigenvalue weighted by atomic mass is 19.1. The molecule has 0 spiro atoms. The number of aromatic nitrogens is 2. The Bertz CT molecular complexity index is 1110. The molecule has 3 aromatic rings. The molecule has 0 radical (unpaired) electrons. The minimum atomic E-state index is -0.320. The Morgan fingerprint density at radius 1 is 1.33 bits per heavy atom. The standard InChI is InChI=1S/C22H22FN5O2/c1-30-20-3-2-15(23)10-17(20)16-4-7-25-22-18(16)11-19(27-22)14-5-8-28(9-6-14)12-21(29)26-13-24/h2-4,7,10-11,14H,5-6,8-9,12H2,1H3,(H,25,27)(H,26,29). The molecule has 30 heavy (non-hydrogen) atoms. The minimum Gasteiger partial charge on any atom is -0.496 e. The highest BCUT2D eigenvalue weighted by Gasteiger charge is 2.24. The lowest BCUT2D eigenvalue weighted by molar-refractivity contribution is -0.121. The van der Waals surface area contributed by atoms with E-state index in [0.29, 0.717) is 17.2 Å². The molecule has 1 amide bonds.